The molecule has 0 saturated heterocycles. The van der Waals surface area contributed by atoms with E-state index in [9.17, 15) is 0 Å². The molecule has 0 bridgehead atoms. The molecule has 0 spiro atoms. The minimum atomic E-state index is -1.43. The van der Waals surface area contributed by atoms with Gasteiger partial charge in [-0.15, -0.1) is 0 Å². The number of hydrogen-bond donors (Lipinski definition) is 3. The molecule has 3 nitrogen and oxygen atoms in total. The summed E-state index contributed by atoms with van der Waals surface area (Å²) in [5, 5.41) is 26.8. The van der Waals surface area contributed by atoms with Crippen molar-refractivity contribution in [2.24, 2.45) is 0 Å². The summed E-state index contributed by atoms with van der Waals surface area (Å²) in [6.45, 7) is 1.91. The van der Waals surface area contributed by atoms with Crippen molar-refractivity contribution >= 4 is 12.6 Å². The van der Waals surface area contributed by atoms with E-state index < -0.39 is 7.12 Å². The van der Waals surface area contributed by atoms with Crippen molar-refractivity contribution in [3.8, 4) is 0 Å². The van der Waals surface area contributed by atoms with Crippen molar-refractivity contribution in [1.29, 1.82) is 0 Å². The van der Waals surface area contributed by atoms with Gasteiger partial charge in [0, 0.05) is 0 Å². The smallest absolute Gasteiger partial charge is 0.423 e. The summed E-state index contributed by atoms with van der Waals surface area (Å²) in [6.07, 6.45) is 0.723. The van der Waals surface area contributed by atoms with Crippen LogP contribution in [0.4, 0.5) is 0 Å². The Morgan fingerprint density at radius 1 is 1.31 bits per heavy atom. The van der Waals surface area contributed by atoms with Gasteiger partial charge in [-0.05, 0) is 23.0 Å². The number of hydrogen-bond acceptors (Lipinski definition) is 3. The maximum absolute atomic E-state index is 8.99. The first-order chi connectivity index (χ1) is 6.19. The maximum atomic E-state index is 8.99. The quantitative estimate of drug-likeness (QED) is 0.545. The molecule has 1 aromatic rings. The molecule has 0 aliphatic rings. The zero-order valence-electron chi connectivity index (χ0n) is 7.57. The number of benzene rings is 1. The molecular formula is C9H13BO3. The van der Waals surface area contributed by atoms with Gasteiger partial charge < -0.3 is 15.2 Å². The molecule has 13 heavy (non-hydrogen) atoms. The lowest BCUT2D eigenvalue weighted by Gasteiger charge is -2.08. The highest BCUT2D eigenvalue weighted by Gasteiger charge is 2.14. The van der Waals surface area contributed by atoms with Crippen molar-refractivity contribution in [3.63, 3.8) is 0 Å². The van der Waals surface area contributed by atoms with Crippen molar-refractivity contribution in [3.05, 3.63) is 29.3 Å². The minimum Gasteiger partial charge on any atom is -0.423 e. The van der Waals surface area contributed by atoms with Crippen LogP contribution >= 0.6 is 0 Å². The van der Waals surface area contributed by atoms with Gasteiger partial charge in [0.25, 0.3) is 0 Å². The monoisotopic (exact) mass is 180 g/mol. The second-order valence-electron chi connectivity index (χ2n) is 2.92. The minimum absolute atomic E-state index is 0.0190. The molecule has 0 aliphatic heterocycles. The van der Waals surface area contributed by atoms with E-state index in [0.29, 0.717) is 5.46 Å². The number of aliphatic hydroxyl groups excluding tert-OH is 1. The Balaban J connectivity index is 3.08. The molecule has 0 radical (unpaired) electrons. The Kier molecular flexibility index (Phi) is 3.48. The molecule has 0 heterocycles. The normalized spacial score (nSPS) is 10.2. The highest BCUT2D eigenvalue weighted by atomic mass is 16.4. The number of aliphatic hydroxyl groups is 1. The summed E-state index contributed by atoms with van der Waals surface area (Å²) in [6, 6.07) is 5.11. The van der Waals surface area contributed by atoms with E-state index in [1.54, 1.807) is 18.2 Å². The van der Waals surface area contributed by atoms with Crippen LogP contribution in [0.5, 0.6) is 0 Å². The number of rotatable bonds is 3. The van der Waals surface area contributed by atoms with Crippen LogP contribution in [0.1, 0.15) is 18.1 Å². The van der Waals surface area contributed by atoms with E-state index in [-0.39, 0.29) is 6.61 Å². The third-order valence-electron chi connectivity index (χ3n) is 2.05. The fourth-order valence-corrected chi connectivity index (χ4v) is 1.32. The van der Waals surface area contributed by atoms with Crippen LogP contribution in [0.3, 0.4) is 0 Å². The van der Waals surface area contributed by atoms with Crippen LogP contribution in [0.2, 0.25) is 0 Å². The van der Waals surface area contributed by atoms with Crippen LogP contribution in [-0.2, 0) is 13.0 Å². The zero-order valence-corrected chi connectivity index (χ0v) is 7.57. The molecule has 70 valence electrons. The average molecular weight is 180 g/mol. The van der Waals surface area contributed by atoms with Crippen molar-refractivity contribution in [2.75, 3.05) is 0 Å². The summed E-state index contributed by atoms with van der Waals surface area (Å²) >= 11 is 0. The van der Waals surface area contributed by atoms with Gasteiger partial charge in [0.15, 0.2) is 0 Å². The van der Waals surface area contributed by atoms with E-state index >= 15 is 0 Å². The lowest BCUT2D eigenvalue weighted by Crippen LogP contribution is -2.32. The van der Waals surface area contributed by atoms with Gasteiger partial charge >= 0.3 is 7.12 Å². The summed E-state index contributed by atoms with van der Waals surface area (Å²) in [5.41, 5.74) is 2.17. The zero-order chi connectivity index (χ0) is 9.84. The van der Waals surface area contributed by atoms with Gasteiger partial charge in [0.2, 0.25) is 0 Å². The molecule has 0 atom stereocenters. The van der Waals surface area contributed by atoms with Gasteiger partial charge in [-0.1, -0.05) is 25.1 Å². The Labute approximate surface area is 77.8 Å². The molecule has 0 aromatic heterocycles. The highest BCUT2D eigenvalue weighted by Crippen LogP contribution is 2.04. The van der Waals surface area contributed by atoms with Gasteiger partial charge in [-0.2, -0.15) is 0 Å². The van der Waals surface area contributed by atoms with Crippen LogP contribution in [-0.4, -0.2) is 22.3 Å². The van der Waals surface area contributed by atoms with Crippen molar-refractivity contribution < 1.29 is 15.2 Å². The van der Waals surface area contributed by atoms with Gasteiger partial charge in [-0.25, -0.2) is 0 Å². The molecule has 0 saturated carbocycles. The molecule has 0 unspecified atom stereocenters. The molecule has 3 N–H and O–H groups in total. The summed E-state index contributed by atoms with van der Waals surface area (Å²) in [7, 11) is -1.43. The predicted molar refractivity (Wildman–Crippen MR) is 51.6 cm³/mol. The predicted octanol–water partition coefficient (Wildman–Crippen LogP) is -0.579. The van der Waals surface area contributed by atoms with Crippen LogP contribution < -0.4 is 5.46 Å². The lowest BCUT2D eigenvalue weighted by atomic mass is 9.76. The number of aryl methyl sites for hydroxylation is 1. The largest absolute Gasteiger partial charge is 0.488 e. The first kappa shape index (κ1) is 10.2. The molecular weight excluding hydrogens is 167 g/mol. The SMILES string of the molecule is CCc1cc(CO)ccc1B(O)O. The molecule has 0 amide bonds. The fraction of sp³-hybridized carbons (Fsp3) is 0.333. The molecule has 4 heteroatoms. The summed E-state index contributed by atoms with van der Waals surface area (Å²) in [4.78, 5) is 0. The topological polar surface area (TPSA) is 60.7 Å². The van der Waals surface area contributed by atoms with Gasteiger partial charge in [0.1, 0.15) is 0 Å². The molecule has 1 rings (SSSR count). The van der Waals surface area contributed by atoms with E-state index in [1.165, 1.54) is 0 Å². The van der Waals surface area contributed by atoms with E-state index in [0.717, 1.165) is 17.5 Å². The molecule has 0 aliphatic carbocycles. The fourth-order valence-electron chi connectivity index (χ4n) is 1.32. The van der Waals surface area contributed by atoms with Crippen molar-refractivity contribution in [1.82, 2.24) is 0 Å². The van der Waals surface area contributed by atoms with E-state index in [2.05, 4.69) is 0 Å². The summed E-state index contributed by atoms with van der Waals surface area (Å²) < 4.78 is 0. The van der Waals surface area contributed by atoms with E-state index in [1.807, 2.05) is 6.92 Å². The Morgan fingerprint density at radius 2 is 2.00 bits per heavy atom. The maximum Gasteiger partial charge on any atom is 0.488 e. The summed E-state index contributed by atoms with van der Waals surface area (Å²) in [5.74, 6) is 0. The molecule has 1 aromatic carbocycles. The van der Waals surface area contributed by atoms with Crippen LogP contribution in [0, 0.1) is 0 Å². The van der Waals surface area contributed by atoms with Crippen molar-refractivity contribution in [2.45, 2.75) is 20.0 Å². The standard InChI is InChI=1S/C9H13BO3/c1-2-8-5-7(6-11)3-4-9(8)10(12)13/h3-5,11-13H,2,6H2,1H3. The first-order valence-corrected chi connectivity index (χ1v) is 4.27. The third kappa shape index (κ3) is 2.31. The third-order valence-corrected chi connectivity index (χ3v) is 2.05. The second-order valence-corrected chi connectivity index (χ2v) is 2.92. The average Bonchev–Trinajstić information content (AvgIpc) is 2.16. The van der Waals surface area contributed by atoms with Gasteiger partial charge in [-0.3, -0.25) is 0 Å². The highest BCUT2D eigenvalue weighted by molar-refractivity contribution is 6.59. The van der Waals surface area contributed by atoms with E-state index in [4.69, 9.17) is 15.2 Å². The van der Waals surface area contributed by atoms with Crippen LogP contribution in [0.15, 0.2) is 18.2 Å². The molecule has 0 fully saturated rings. The lowest BCUT2D eigenvalue weighted by molar-refractivity contribution is 0.281. The Morgan fingerprint density at radius 3 is 2.46 bits per heavy atom. The van der Waals surface area contributed by atoms with Crippen LogP contribution in [0.25, 0.3) is 0 Å². The second kappa shape index (κ2) is 4.41. The Hall–Kier alpha value is -0.835. The Bertz CT molecular complexity index is 286. The van der Waals surface area contributed by atoms with Gasteiger partial charge in [0.05, 0.1) is 6.61 Å². The first-order valence-electron chi connectivity index (χ1n) is 4.27.